The summed E-state index contributed by atoms with van der Waals surface area (Å²) in [5.41, 5.74) is 8.78. The van der Waals surface area contributed by atoms with Gasteiger partial charge in [0.2, 0.25) is 0 Å². The van der Waals surface area contributed by atoms with Crippen molar-refractivity contribution in [1.82, 2.24) is 29.9 Å². The molecule has 4 aromatic rings. The van der Waals surface area contributed by atoms with Crippen LogP contribution in [0, 0.1) is 26.2 Å². The molecule has 1 atom stereocenters. The highest BCUT2D eigenvalue weighted by atomic mass is 35.5. The Balaban J connectivity index is 1.44. The van der Waals surface area contributed by atoms with Crippen molar-refractivity contribution in [2.75, 3.05) is 19.7 Å². The minimum Gasteiger partial charge on any atom is -0.356 e. The molecule has 2 saturated heterocycles. The van der Waals surface area contributed by atoms with E-state index in [9.17, 15) is 0 Å². The number of ether oxygens (including phenoxy) is 1. The first-order chi connectivity index (χ1) is 18.0. The molecular weight excluding hydrogens is 484 g/mol. The second-order valence-electron chi connectivity index (χ2n) is 11.3. The minimum absolute atomic E-state index is 0.0363. The summed E-state index contributed by atoms with van der Waals surface area (Å²) >= 11 is 7.16. The van der Waals surface area contributed by atoms with Gasteiger partial charge in [0, 0.05) is 59.4 Å². The Bertz CT molecular complexity index is 1500. The van der Waals surface area contributed by atoms with Crippen molar-refractivity contribution in [1.29, 1.82) is 0 Å². The molecule has 1 aromatic carbocycles. The lowest BCUT2D eigenvalue weighted by molar-refractivity contribution is -0.0366. The van der Waals surface area contributed by atoms with E-state index in [1.54, 1.807) is 0 Å². The molecule has 0 radical (unpaired) electrons. The van der Waals surface area contributed by atoms with Crippen LogP contribution in [0.5, 0.6) is 0 Å². The third-order valence-corrected chi connectivity index (χ3v) is 9.28. The average Bonchev–Trinajstić information content (AvgIpc) is 3.41. The van der Waals surface area contributed by atoms with E-state index in [1.807, 2.05) is 18.5 Å². The molecule has 0 amide bonds. The number of pyridine rings is 1. The zero-order valence-corrected chi connectivity index (χ0v) is 22.5. The molecule has 0 bridgehead atoms. The van der Waals surface area contributed by atoms with Gasteiger partial charge in [-0.05, 0) is 82.1 Å². The number of hydrogen-bond acceptors (Lipinski definition) is 5. The summed E-state index contributed by atoms with van der Waals surface area (Å²) in [6, 6.07) is 6.67. The van der Waals surface area contributed by atoms with Crippen molar-refractivity contribution in [3.8, 4) is 22.4 Å². The molecule has 7 rings (SSSR count). The van der Waals surface area contributed by atoms with Crippen molar-refractivity contribution < 1.29 is 4.74 Å². The molecule has 7 nitrogen and oxygen atoms in total. The highest BCUT2D eigenvalue weighted by Gasteiger charge is 2.50. The van der Waals surface area contributed by atoms with Gasteiger partial charge >= 0.3 is 0 Å². The predicted octanol–water partition coefficient (Wildman–Crippen LogP) is 6.16. The van der Waals surface area contributed by atoms with Gasteiger partial charge in [0.1, 0.15) is 5.69 Å². The summed E-state index contributed by atoms with van der Waals surface area (Å²) in [7, 11) is 0. The Hall–Kier alpha value is -2.74. The van der Waals surface area contributed by atoms with E-state index in [0.717, 1.165) is 94.2 Å². The van der Waals surface area contributed by atoms with Crippen LogP contribution in [-0.4, -0.2) is 44.2 Å². The lowest BCUT2D eigenvalue weighted by Gasteiger charge is -2.54. The molecule has 3 aromatic heterocycles. The molecule has 3 aliphatic rings. The van der Waals surface area contributed by atoms with E-state index >= 15 is 0 Å². The molecule has 1 N–H and O–H groups in total. The Kier molecular flexibility index (Phi) is 5.47. The molecule has 2 aliphatic heterocycles. The number of halogens is 1. The summed E-state index contributed by atoms with van der Waals surface area (Å²) in [5, 5.41) is 15.4. The minimum atomic E-state index is -0.0363. The fourth-order valence-corrected chi connectivity index (χ4v) is 6.91. The van der Waals surface area contributed by atoms with Gasteiger partial charge in [-0.15, -0.1) is 0 Å². The van der Waals surface area contributed by atoms with Crippen LogP contribution < -0.4 is 5.32 Å². The van der Waals surface area contributed by atoms with E-state index in [1.165, 1.54) is 12.8 Å². The SMILES string of the molecule is Cc1cc2c(cnn2C2CCCCO2)c(-c2c(-c3cccnc3C)nn(C3CC4(CNC4)C3)c2C)c1Cl. The molecule has 37 heavy (non-hydrogen) atoms. The molecule has 1 aliphatic carbocycles. The smallest absolute Gasteiger partial charge is 0.150 e. The van der Waals surface area contributed by atoms with Gasteiger partial charge in [-0.3, -0.25) is 9.67 Å². The van der Waals surface area contributed by atoms with Gasteiger partial charge in [-0.25, -0.2) is 4.68 Å². The fourth-order valence-electron chi connectivity index (χ4n) is 6.66. The lowest BCUT2D eigenvalue weighted by atomic mass is 9.61. The van der Waals surface area contributed by atoms with E-state index in [4.69, 9.17) is 26.5 Å². The number of aromatic nitrogens is 5. The maximum Gasteiger partial charge on any atom is 0.150 e. The maximum absolute atomic E-state index is 7.16. The zero-order valence-electron chi connectivity index (χ0n) is 21.7. The number of hydrogen-bond donors (Lipinski definition) is 1. The number of benzene rings is 1. The topological polar surface area (TPSA) is 69.8 Å². The van der Waals surface area contributed by atoms with Crippen molar-refractivity contribution in [3.05, 3.63) is 52.6 Å². The molecule has 8 heteroatoms. The van der Waals surface area contributed by atoms with Crippen LogP contribution in [0.2, 0.25) is 5.02 Å². The van der Waals surface area contributed by atoms with Crippen molar-refractivity contribution >= 4 is 22.5 Å². The Labute approximate surface area is 222 Å². The summed E-state index contributed by atoms with van der Waals surface area (Å²) < 4.78 is 10.4. The van der Waals surface area contributed by atoms with Crippen LogP contribution in [0.1, 0.15) is 61.3 Å². The van der Waals surface area contributed by atoms with Gasteiger partial charge in [-0.1, -0.05) is 11.6 Å². The van der Waals surface area contributed by atoms with Gasteiger partial charge in [-0.2, -0.15) is 10.2 Å². The van der Waals surface area contributed by atoms with Crippen LogP contribution in [0.3, 0.4) is 0 Å². The monoisotopic (exact) mass is 516 g/mol. The second kappa shape index (κ2) is 8.65. The van der Waals surface area contributed by atoms with Gasteiger partial charge in [0.05, 0.1) is 22.8 Å². The number of nitrogens with zero attached hydrogens (tertiary/aromatic N) is 5. The Morgan fingerprint density at radius 3 is 2.65 bits per heavy atom. The Morgan fingerprint density at radius 1 is 1.11 bits per heavy atom. The standard InChI is InChI=1S/C29H33ClN6O/c1-17-11-23-22(14-33-36(23)24-8-4-5-10-37-24)26(27(17)30)25-19(3)35(20-12-29(13-20)15-31-16-29)34-28(25)21-7-6-9-32-18(21)2/h6-7,9,11,14,20,24,31H,4-5,8,10,12-13,15-16H2,1-3H3. The first-order valence-electron chi connectivity index (χ1n) is 13.5. The quantitative estimate of drug-likeness (QED) is 0.351. The number of rotatable bonds is 4. The van der Waals surface area contributed by atoms with Gasteiger partial charge in [0.25, 0.3) is 0 Å². The second-order valence-corrected chi connectivity index (χ2v) is 11.7. The zero-order chi connectivity index (χ0) is 25.3. The first-order valence-corrected chi connectivity index (χ1v) is 13.8. The lowest BCUT2D eigenvalue weighted by Crippen LogP contribution is -2.60. The molecular formula is C29H33ClN6O. The molecule has 1 spiro atoms. The van der Waals surface area contributed by atoms with E-state index < -0.39 is 0 Å². The predicted molar refractivity (Wildman–Crippen MR) is 146 cm³/mol. The average molecular weight is 517 g/mol. The molecule has 5 heterocycles. The highest BCUT2D eigenvalue weighted by molar-refractivity contribution is 6.36. The summed E-state index contributed by atoms with van der Waals surface area (Å²) in [6.45, 7) is 9.35. The highest BCUT2D eigenvalue weighted by Crippen LogP contribution is 2.53. The third kappa shape index (κ3) is 3.58. The van der Waals surface area contributed by atoms with Crippen LogP contribution in [0.25, 0.3) is 33.3 Å². The van der Waals surface area contributed by atoms with Crippen LogP contribution in [-0.2, 0) is 4.74 Å². The van der Waals surface area contributed by atoms with Crippen molar-refractivity contribution in [2.24, 2.45) is 5.41 Å². The van der Waals surface area contributed by atoms with E-state index in [-0.39, 0.29) is 6.23 Å². The van der Waals surface area contributed by atoms with Crippen LogP contribution in [0.15, 0.2) is 30.6 Å². The molecule has 1 unspecified atom stereocenters. The van der Waals surface area contributed by atoms with Crippen LogP contribution >= 0.6 is 11.6 Å². The third-order valence-electron chi connectivity index (χ3n) is 8.80. The number of fused-ring (bicyclic) bond motifs is 1. The fraction of sp³-hybridized carbons (Fsp3) is 0.483. The van der Waals surface area contributed by atoms with E-state index in [2.05, 4.69) is 52.6 Å². The van der Waals surface area contributed by atoms with Crippen molar-refractivity contribution in [2.45, 2.75) is 65.1 Å². The molecule has 192 valence electrons. The van der Waals surface area contributed by atoms with Crippen LogP contribution in [0.4, 0.5) is 0 Å². The summed E-state index contributed by atoms with van der Waals surface area (Å²) in [4.78, 5) is 4.60. The molecule has 3 fully saturated rings. The van der Waals surface area contributed by atoms with Gasteiger partial charge in [0.15, 0.2) is 6.23 Å². The molecule has 1 saturated carbocycles. The summed E-state index contributed by atoms with van der Waals surface area (Å²) in [6.07, 6.45) is 9.34. The van der Waals surface area contributed by atoms with E-state index in [0.29, 0.717) is 11.5 Å². The maximum atomic E-state index is 7.16. The number of aryl methyl sites for hydroxylation is 2. The number of nitrogens with one attached hydrogen (secondary N) is 1. The summed E-state index contributed by atoms with van der Waals surface area (Å²) in [5.74, 6) is 0. The van der Waals surface area contributed by atoms with Crippen molar-refractivity contribution in [3.63, 3.8) is 0 Å². The van der Waals surface area contributed by atoms with Gasteiger partial charge < -0.3 is 10.1 Å². The first kappa shape index (κ1) is 23.4. The Morgan fingerprint density at radius 2 is 1.95 bits per heavy atom. The largest absolute Gasteiger partial charge is 0.356 e. The normalized spacial score (nSPS) is 21.4.